The van der Waals surface area contributed by atoms with Gasteiger partial charge in [-0.1, -0.05) is 32.9 Å². The second kappa shape index (κ2) is 8.05. The Kier molecular flexibility index (Phi) is 5.80. The molecule has 0 aliphatic heterocycles. The number of nitrogens with zero attached hydrogens (tertiary/aromatic N) is 2. The number of aryl methyl sites for hydroxylation is 1. The third-order valence-corrected chi connectivity index (χ3v) is 4.81. The van der Waals surface area contributed by atoms with E-state index in [0.717, 1.165) is 17.6 Å². The number of aromatic nitrogens is 2. The molecule has 0 unspecified atom stereocenters. The molecule has 0 radical (unpaired) electrons. The summed E-state index contributed by atoms with van der Waals surface area (Å²) in [6.07, 6.45) is -3.17. The lowest BCUT2D eigenvalue weighted by molar-refractivity contribution is -0.138. The molecule has 1 heterocycles. The van der Waals surface area contributed by atoms with Crippen LogP contribution in [0, 0.1) is 5.41 Å². The molecule has 0 bridgehead atoms. The van der Waals surface area contributed by atoms with E-state index in [-0.39, 0.29) is 12.5 Å². The lowest BCUT2D eigenvalue weighted by atomic mass is 9.95. The highest BCUT2D eigenvalue weighted by Crippen LogP contribution is 2.33. The summed E-state index contributed by atoms with van der Waals surface area (Å²) in [5, 5.41) is 9.97. The minimum atomic E-state index is -4.71. The van der Waals surface area contributed by atoms with Crippen molar-refractivity contribution in [3.63, 3.8) is 0 Å². The Balaban J connectivity index is 1.93. The zero-order valence-corrected chi connectivity index (χ0v) is 17.6. The van der Waals surface area contributed by atoms with Crippen molar-refractivity contribution in [1.82, 2.24) is 15.1 Å². The first-order chi connectivity index (χ1) is 14.4. The molecular weight excluding hydrogens is 409 g/mol. The van der Waals surface area contributed by atoms with E-state index in [2.05, 4.69) is 15.7 Å². The number of fused-ring (bicyclic) bond motifs is 1. The Morgan fingerprint density at radius 1 is 1.10 bits per heavy atom. The normalized spacial score (nSPS) is 12.1. The van der Waals surface area contributed by atoms with Crippen LogP contribution in [0.1, 0.15) is 42.3 Å². The molecule has 2 aromatic carbocycles. The van der Waals surface area contributed by atoms with Crippen molar-refractivity contribution in [2.24, 2.45) is 12.5 Å². The largest absolute Gasteiger partial charge is 0.417 e. The number of amides is 2. The van der Waals surface area contributed by atoms with Crippen molar-refractivity contribution in [3.05, 3.63) is 59.3 Å². The maximum Gasteiger partial charge on any atom is 0.417 e. The van der Waals surface area contributed by atoms with Gasteiger partial charge in [-0.05, 0) is 29.8 Å². The Hall–Kier alpha value is -3.36. The van der Waals surface area contributed by atoms with Crippen molar-refractivity contribution < 1.29 is 22.8 Å². The smallest absolute Gasteiger partial charge is 0.352 e. The number of rotatable bonds is 4. The van der Waals surface area contributed by atoms with Crippen molar-refractivity contribution in [2.75, 3.05) is 5.32 Å². The Bertz CT molecular complexity index is 1140. The van der Waals surface area contributed by atoms with Crippen molar-refractivity contribution >= 4 is 28.4 Å². The monoisotopic (exact) mass is 432 g/mol. The van der Waals surface area contributed by atoms with E-state index in [9.17, 15) is 22.8 Å². The molecule has 2 amide bonds. The van der Waals surface area contributed by atoms with Crippen LogP contribution in [0.5, 0.6) is 0 Å². The number of hydrogen-bond acceptors (Lipinski definition) is 3. The summed E-state index contributed by atoms with van der Waals surface area (Å²) >= 11 is 0. The van der Waals surface area contributed by atoms with Crippen molar-refractivity contribution in [1.29, 1.82) is 0 Å². The number of benzene rings is 2. The Labute approximate surface area is 177 Å². The van der Waals surface area contributed by atoms with Crippen LogP contribution in [0.25, 0.3) is 10.9 Å². The average molecular weight is 432 g/mol. The molecule has 0 saturated carbocycles. The van der Waals surface area contributed by atoms with Gasteiger partial charge in [0.25, 0.3) is 5.91 Å². The van der Waals surface area contributed by atoms with Crippen LogP contribution in [-0.4, -0.2) is 21.6 Å². The summed E-state index contributed by atoms with van der Waals surface area (Å²) in [5.74, 6) is -1.14. The molecule has 0 saturated heterocycles. The van der Waals surface area contributed by atoms with Gasteiger partial charge in [0, 0.05) is 24.4 Å². The molecule has 164 valence electrons. The number of nitrogens with one attached hydrogen (secondary N) is 2. The van der Waals surface area contributed by atoms with Gasteiger partial charge < -0.3 is 10.6 Å². The van der Waals surface area contributed by atoms with E-state index in [1.54, 1.807) is 50.7 Å². The summed E-state index contributed by atoms with van der Waals surface area (Å²) in [7, 11) is 1.73. The first-order valence-electron chi connectivity index (χ1n) is 9.58. The first kappa shape index (κ1) is 22.3. The van der Waals surface area contributed by atoms with Crippen LogP contribution in [0.2, 0.25) is 0 Å². The molecular formula is C22H23F3N4O2. The Morgan fingerprint density at radius 3 is 2.45 bits per heavy atom. The summed E-state index contributed by atoms with van der Waals surface area (Å²) in [6, 6.07) is 8.34. The zero-order valence-electron chi connectivity index (χ0n) is 17.6. The summed E-state index contributed by atoms with van der Waals surface area (Å²) in [5.41, 5.74) is -0.739. The van der Waals surface area contributed by atoms with Crippen LogP contribution in [0.15, 0.2) is 42.6 Å². The molecule has 0 fully saturated rings. The minimum Gasteiger partial charge on any atom is -0.352 e. The lowest BCUT2D eigenvalue weighted by Gasteiger charge is -2.18. The van der Waals surface area contributed by atoms with Gasteiger partial charge in [-0.25, -0.2) is 0 Å². The molecule has 2 N–H and O–H groups in total. The van der Waals surface area contributed by atoms with E-state index in [1.165, 1.54) is 12.3 Å². The van der Waals surface area contributed by atoms with Gasteiger partial charge in [0.05, 0.1) is 28.5 Å². The minimum absolute atomic E-state index is 0.00665. The van der Waals surface area contributed by atoms with Crippen LogP contribution >= 0.6 is 0 Å². The zero-order chi connectivity index (χ0) is 23.0. The number of hydrogen-bond donors (Lipinski definition) is 2. The summed E-state index contributed by atoms with van der Waals surface area (Å²) in [6.45, 7) is 5.19. The third-order valence-electron chi connectivity index (χ3n) is 4.81. The fourth-order valence-corrected chi connectivity index (χ4v) is 3.06. The molecule has 6 nitrogen and oxygen atoms in total. The molecule has 3 aromatic rings. The lowest BCUT2D eigenvalue weighted by Crippen LogP contribution is -2.34. The van der Waals surface area contributed by atoms with Crippen LogP contribution in [-0.2, 0) is 24.6 Å². The van der Waals surface area contributed by atoms with Crippen LogP contribution in [0.3, 0.4) is 0 Å². The predicted octanol–water partition coefficient (Wildman–Crippen LogP) is 4.51. The highest BCUT2D eigenvalue weighted by Gasteiger charge is 2.35. The molecule has 0 atom stereocenters. The van der Waals surface area contributed by atoms with Crippen molar-refractivity contribution in [3.8, 4) is 0 Å². The molecule has 31 heavy (non-hydrogen) atoms. The summed E-state index contributed by atoms with van der Waals surface area (Å²) in [4.78, 5) is 24.9. The first-order valence-corrected chi connectivity index (χ1v) is 9.58. The summed E-state index contributed by atoms with van der Waals surface area (Å²) < 4.78 is 42.2. The predicted molar refractivity (Wildman–Crippen MR) is 111 cm³/mol. The van der Waals surface area contributed by atoms with E-state index in [0.29, 0.717) is 16.6 Å². The topological polar surface area (TPSA) is 76.0 Å². The molecule has 0 aliphatic carbocycles. The van der Waals surface area contributed by atoms with Gasteiger partial charge in [0.2, 0.25) is 5.91 Å². The van der Waals surface area contributed by atoms with Gasteiger partial charge in [-0.15, -0.1) is 0 Å². The fraction of sp³-hybridized carbons (Fsp3) is 0.318. The van der Waals surface area contributed by atoms with Crippen LogP contribution < -0.4 is 10.6 Å². The van der Waals surface area contributed by atoms with E-state index >= 15 is 0 Å². The highest BCUT2D eigenvalue weighted by atomic mass is 19.4. The molecule has 0 spiro atoms. The average Bonchev–Trinajstić information content (AvgIpc) is 3.06. The second-order valence-electron chi connectivity index (χ2n) is 8.27. The van der Waals surface area contributed by atoms with Gasteiger partial charge in [-0.2, -0.15) is 18.3 Å². The van der Waals surface area contributed by atoms with Gasteiger partial charge in [0.15, 0.2) is 0 Å². The standard InChI is InChI=1S/C22H23F3N4O2/c1-21(2,3)20(31)26-11-13-8-9-16(22(23,24)25)14(10-13)19(30)28-17-6-5-7-18-15(17)12-27-29(18)4/h5-10,12H,11H2,1-4H3,(H,26,31)(H,28,30). The number of carbonyl (C=O) groups is 2. The maximum absolute atomic E-state index is 13.5. The van der Waals surface area contributed by atoms with E-state index in [4.69, 9.17) is 0 Å². The SMILES string of the molecule is Cn1ncc2c(NC(=O)c3cc(CNC(=O)C(C)(C)C)ccc3C(F)(F)F)cccc21. The molecule has 0 aliphatic rings. The van der Waals surface area contributed by atoms with Gasteiger partial charge in [-0.3, -0.25) is 14.3 Å². The second-order valence-corrected chi connectivity index (χ2v) is 8.27. The number of anilines is 1. The number of carbonyl (C=O) groups excluding carboxylic acids is 2. The van der Waals surface area contributed by atoms with Gasteiger partial charge in [0.1, 0.15) is 0 Å². The third kappa shape index (κ3) is 4.87. The number of halogens is 3. The number of alkyl halides is 3. The van der Waals surface area contributed by atoms with Crippen molar-refractivity contribution in [2.45, 2.75) is 33.5 Å². The Morgan fingerprint density at radius 2 is 1.81 bits per heavy atom. The quantitative estimate of drug-likeness (QED) is 0.637. The fourth-order valence-electron chi connectivity index (χ4n) is 3.06. The highest BCUT2D eigenvalue weighted by molar-refractivity contribution is 6.09. The van der Waals surface area contributed by atoms with E-state index < -0.39 is 28.6 Å². The van der Waals surface area contributed by atoms with Gasteiger partial charge >= 0.3 is 6.18 Å². The van der Waals surface area contributed by atoms with Crippen LogP contribution in [0.4, 0.5) is 18.9 Å². The molecule has 1 aromatic heterocycles. The molecule has 3 rings (SSSR count). The molecule has 9 heteroatoms. The maximum atomic E-state index is 13.5. The van der Waals surface area contributed by atoms with E-state index in [1.807, 2.05) is 0 Å².